The van der Waals surface area contributed by atoms with Crippen LogP contribution < -0.4 is 5.32 Å². The number of rotatable bonds is 8. The molecule has 0 fully saturated rings. The minimum Gasteiger partial charge on any atom is -0.395 e. The maximum Gasteiger partial charge on any atom is 0.185 e. The number of benzene rings is 2. The number of hydrogen-bond donors (Lipinski definition) is 2. The monoisotopic (exact) mass is 425 g/mol. The SMILES string of the molecule is Cn1ncc2c(-c3cccc(CC(=O)c4ccc(CNCCO)cn4)c3C#N)cccc21. The van der Waals surface area contributed by atoms with Crippen molar-refractivity contribution in [1.29, 1.82) is 5.26 Å². The average Bonchev–Trinajstić information content (AvgIpc) is 3.20. The molecule has 0 aliphatic heterocycles. The Balaban J connectivity index is 1.61. The van der Waals surface area contributed by atoms with E-state index in [4.69, 9.17) is 5.11 Å². The van der Waals surface area contributed by atoms with Gasteiger partial charge in [0.2, 0.25) is 0 Å². The molecule has 4 aromatic rings. The van der Waals surface area contributed by atoms with Crippen molar-refractivity contribution >= 4 is 16.7 Å². The van der Waals surface area contributed by atoms with E-state index in [2.05, 4.69) is 21.5 Å². The summed E-state index contributed by atoms with van der Waals surface area (Å²) >= 11 is 0. The van der Waals surface area contributed by atoms with Crippen LogP contribution in [0.3, 0.4) is 0 Å². The highest BCUT2D eigenvalue weighted by Gasteiger charge is 2.17. The fourth-order valence-corrected chi connectivity index (χ4v) is 3.79. The Labute approximate surface area is 186 Å². The molecule has 32 heavy (non-hydrogen) atoms. The zero-order valence-corrected chi connectivity index (χ0v) is 17.7. The summed E-state index contributed by atoms with van der Waals surface area (Å²) in [6, 6.07) is 17.3. The van der Waals surface area contributed by atoms with Crippen molar-refractivity contribution in [1.82, 2.24) is 20.1 Å². The smallest absolute Gasteiger partial charge is 0.185 e. The second-order valence-corrected chi connectivity index (χ2v) is 7.51. The van der Waals surface area contributed by atoms with Gasteiger partial charge in [-0.1, -0.05) is 36.4 Å². The van der Waals surface area contributed by atoms with Crippen molar-refractivity contribution in [3.8, 4) is 17.2 Å². The average molecular weight is 425 g/mol. The first-order valence-electron chi connectivity index (χ1n) is 10.3. The molecule has 0 unspecified atom stereocenters. The summed E-state index contributed by atoms with van der Waals surface area (Å²) in [6.07, 6.45) is 3.54. The molecule has 0 spiro atoms. The van der Waals surface area contributed by atoms with E-state index in [1.165, 1.54) is 0 Å². The summed E-state index contributed by atoms with van der Waals surface area (Å²) in [5.74, 6) is -0.145. The first-order chi connectivity index (χ1) is 15.6. The fraction of sp³-hybridized carbons (Fsp3) is 0.200. The molecule has 2 N–H and O–H groups in total. The molecular formula is C25H23N5O2. The van der Waals surface area contributed by atoms with Gasteiger partial charge in [0.05, 0.1) is 23.9 Å². The molecular weight excluding hydrogens is 402 g/mol. The molecule has 0 aliphatic rings. The predicted molar refractivity (Wildman–Crippen MR) is 122 cm³/mol. The number of fused-ring (bicyclic) bond motifs is 1. The van der Waals surface area contributed by atoms with Gasteiger partial charge in [-0.05, 0) is 28.8 Å². The lowest BCUT2D eigenvalue weighted by molar-refractivity contribution is 0.0988. The number of ketones is 1. The first-order valence-corrected chi connectivity index (χ1v) is 10.3. The van der Waals surface area contributed by atoms with Gasteiger partial charge in [0, 0.05) is 43.7 Å². The molecule has 2 aromatic heterocycles. The number of nitrogens with zero attached hydrogens (tertiary/aromatic N) is 4. The number of nitrogens with one attached hydrogen (secondary N) is 1. The minimum atomic E-state index is -0.145. The van der Waals surface area contributed by atoms with Crippen molar-refractivity contribution in [3.05, 3.63) is 83.3 Å². The number of carbonyl (C=O) groups is 1. The van der Waals surface area contributed by atoms with Crippen LogP contribution in [0.1, 0.15) is 27.2 Å². The fourth-order valence-electron chi connectivity index (χ4n) is 3.79. The van der Waals surface area contributed by atoms with Crippen LogP contribution in [0.25, 0.3) is 22.0 Å². The van der Waals surface area contributed by atoms with E-state index in [1.54, 1.807) is 23.1 Å². The Kier molecular flexibility index (Phi) is 6.36. The van der Waals surface area contributed by atoms with E-state index in [-0.39, 0.29) is 18.8 Å². The Morgan fingerprint density at radius 3 is 2.69 bits per heavy atom. The van der Waals surface area contributed by atoms with Crippen LogP contribution in [-0.4, -0.2) is 38.8 Å². The van der Waals surface area contributed by atoms with Crippen LogP contribution in [0, 0.1) is 11.3 Å². The van der Waals surface area contributed by atoms with Crippen molar-refractivity contribution in [2.24, 2.45) is 7.05 Å². The number of aromatic nitrogens is 3. The van der Waals surface area contributed by atoms with Gasteiger partial charge >= 0.3 is 0 Å². The van der Waals surface area contributed by atoms with Gasteiger partial charge in [-0.15, -0.1) is 0 Å². The second kappa shape index (κ2) is 9.52. The molecule has 7 nitrogen and oxygen atoms in total. The van der Waals surface area contributed by atoms with Gasteiger partial charge < -0.3 is 10.4 Å². The second-order valence-electron chi connectivity index (χ2n) is 7.51. The molecule has 0 aliphatic carbocycles. The van der Waals surface area contributed by atoms with Crippen molar-refractivity contribution in [3.63, 3.8) is 0 Å². The van der Waals surface area contributed by atoms with Gasteiger partial charge in [0.1, 0.15) is 11.8 Å². The third kappa shape index (κ3) is 4.28. The summed E-state index contributed by atoms with van der Waals surface area (Å²) < 4.78 is 1.80. The predicted octanol–water partition coefficient (Wildman–Crippen LogP) is 3.01. The number of aliphatic hydroxyl groups excluding tert-OH is 1. The van der Waals surface area contributed by atoms with Gasteiger partial charge in [-0.25, -0.2) is 0 Å². The van der Waals surface area contributed by atoms with Gasteiger partial charge in [0.25, 0.3) is 0 Å². The lowest BCUT2D eigenvalue weighted by Crippen LogP contribution is -2.17. The molecule has 160 valence electrons. The van der Waals surface area contributed by atoms with Gasteiger partial charge in [-0.2, -0.15) is 10.4 Å². The zero-order chi connectivity index (χ0) is 22.5. The molecule has 4 rings (SSSR count). The summed E-state index contributed by atoms with van der Waals surface area (Å²) in [7, 11) is 1.88. The van der Waals surface area contributed by atoms with E-state index in [0.29, 0.717) is 29.9 Å². The molecule has 0 amide bonds. The van der Waals surface area contributed by atoms with Crippen LogP contribution in [0.2, 0.25) is 0 Å². The summed E-state index contributed by atoms with van der Waals surface area (Å²) in [5, 5.41) is 27.1. The van der Waals surface area contributed by atoms with Crippen molar-refractivity contribution in [2.75, 3.05) is 13.2 Å². The molecule has 0 saturated heterocycles. The Morgan fingerprint density at radius 1 is 1.12 bits per heavy atom. The van der Waals surface area contributed by atoms with E-state index in [1.807, 2.05) is 49.5 Å². The van der Waals surface area contributed by atoms with Crippen LogP contribution in [0.15, 0.2) is 60.9 Å². The number of Topliss-reactive ketones (excluding diaryl/α,β-unsaturated/α-hetero) is 1. The molecule has 0 atom stereocenters. The Morgan fingerprint density at radius 2 is 1.94 bits per heavy atom. The van der Waals surface area contributed by atoms with E-state index >= 15 is 0 Å². The van der Waals surface area contributed by atoms with Crippen LogP contribution >= 0.6 is 0 Å². The highest BCUT2D eigenvalue weighted by atomic mass is 16.3. The molecule has 0 saturated carbocycles. The number of aryl methyl sites for hydroxylation is 1. The Bertz CT molecular complexity index is 1300. The van der Waals surface area contributed by atoms with Gasteiger partial charge in [-0.3, -0.25) is 14.5 Å². The maximum atomic E-state index is 12.9. The number of aliphatic hydroxyl groups is 1. The number of hydrogen-bond acceptors (Lipinski definition) is 6. The Hall–Kier alpha value is -3.86. The van der Waals surface area contributed by atoms with Gasteiger partial charge in [0.15, 0.2) is 5.78 Å². The molecule has 2 aromatic carbocycles. The highest BCUT2D eigenvalue weighted by Crippen LogP contribution is 2.32. The molecule has 0 bridgehead atoms. The molecule has 7 heteroatoms. The summed E-state index contributed by atoms with van der Waals surface area (Å²) in [6.45, 7) is 1.14. The zero-order valence-electron chi connectivity index (χ0n) is 17.7. The van der Waals surface area contributed by atoms with E-state index in [0.717, 1.165) is 27.6 Å². The summed E-state index contributed by atoms with van der Waals surface area (Å²) in [4.78, 5) is 17.2. The number of nitriles is 1. The van der Waals surface area contributed by atoms with E-state index < -0.39 is 0 Å². The third-order valence-electron chi connectivity index (χ3n) is 5.42. The van der Waals surface area contributed by atoms with Crippen LogP contribution in [0.4, 0.5) is 0 Å². The molecule has 2 heterocycles. The number of carbonyl (C=O) groups excluding carboxylic acids is 1. The largest absolute Gasteiger partial charge is 0.395 e. The maximum absolute atomic E-state index is 12.9. The van der Waals surface area contributed by atoms with Crippen LogP contribution in [-0.2, 0) is 20.0 Å². The first kappa shape index (κ1) is 21.4. The lowest BCUT2D eigenvalue weighted by Gasteiger charge is -2.11. The quantitative estimate of drug-likeness (QED) is 0.332. The van der Waals surface area contributed by atoms with Crippen molar-refractivity contribution < 1.29 is 9.90 Å². The van der Waals surface area contributed by atoms with E-state index in [9.17, 15) is 10.1 Å². The van der Waals surface area contributed by atoms with Crippen molar-refractivity contribution in [2.45, 2.75) is 13.0 Å². The lowest BCUT2D eigenvalue weighted by atomic mass is 9.92. The summed E-state index contributed by atoms with van der Waals surface area (Å²) in [5.41, 5.74) is 5.13. The normalized spacial score (nSPS) is 10.9. The topological polar surface area (TPSA) is 104 Å². The van der Waals surface area contributed by atoms with Crippen LogP contribution in [0.5, 0.6) is 0 Å². The standard InChI is InChI=1S/C25H23N5O2/c1-30-24-7-3-6-20(22(24)16-29-30)19-5-2-4-18(21(19)13-26)12-25(32)23-9-8-17(15-28-23)14-27-10-11-31/h2-9,15-16,27,31H,10-12,14H2,1H3. The minimum absolute atomic E-state index is 0.0690. The third-order valence-corrected chi connectivity index (χ3v) is 5.42. The number of pyridine rings is 1. The highest BCUT2D eigenvalue weighted by molar-refractivity contribution is 5.98. The molecule has 0 radical (unpaired) electrons.